The van der Waals surface area contributed by atoms with E-state index in [0.717, 1.165) is 51.9 Å². The number of hydrogen-bond acceptors (Lipinski definition) is 3. The molecule has 2 amide bonds. The van der Waals surface area contributed by atoms with Crippen molar-refractivity contribution in [3.63, 3.8) is 0 Å². The number of piperidine rings is 1. The number of nitrogens with zero attached hydrogens (tertiary/aromatic N) is 2. The summed E-state index contributed by atoms with van der Waals surface area (Å²) in [6.07, 6.45) is 9.08. The fourth-order valence-electron chi connectivity index (χ4n) is 3.90. The summed E-state index contributed by atoms with van der Waals surface area (Å²) >= 11 is 6.15. The second-order valence-corrected chi connectivity index (χ2v) is 7.98. The minimum Gasteiger partial charge on any atom is -0.375 e. The maximum absolute atomic E-state index is 12.9. The van der Waals surface area contributed by atoms with Gasteiger partial charge in [0.25, 0.3) is 5.91 Å². The zero-order chi connectivity index (χ0) is 19.1. The minimum absolute atomic E-state index is 0.0209. The SMILES string of the molecule is O=C(CNc1cc(Cl)ccc1C(=O)N1CCCCC1)N1CCCCCCC1. The normalized spacial score (nSPS) is 18.6. The quantitative estimate of drug-likeness (QED) is 0.837. The summed E-state index contributed by atoms with van der Waals surface area (Å²) in [5.41, 5.74) is 1.25. The van der Waals surface area contributed by atoms with Crippen molar-refractivity contribution in [2.75, 3.05) is 38.0 Å². The Kier molecular flexibility index (Phi) is 7.39. The topological polar surface area (TPSA) is 52.7 Å². The van der Waals surface area contributed by atoms with Gasteiger partial charge in [-0.1, -0.05) is 30.9 Å². The van der Waals surface area contributed by atoms with Gasteiger partial charge < -0.3 is 15.1 Å². The molecule has 0 bridgehead atoms. The summed E-state index contributed by atoms with van der Waals surface area (Å²) in [5.74, 6) is 0.112. The van der Waals surface area contributed by atoms with Gasteiger partial charge in [0.2, 0.25) is 5.91 Å². The van der Waals surface area contributed by atoms with Crippen LogP contribution in [0.15, 0.2) is 18.2 Å². The van der Waals surface area contributed by atoms with E-state index in [9.17, 15) is 9.59 Å². The molecule has 2 saturated heterocycles. The lowest BCUT2D eigenvalue weighted by molar-refractivity contribution is -0.129. The average molecular weight is 392 g/mol. The number of halogens is 1. The molecule has 2 aliphatic heterocycles. The molecule has 148 valence electrons. The summed E-state index contributed by atoms with van der Waals surface area (Å²) in [6, 6.07) is 5.26. The van der Waals surface area contributed by atoms with Crippen LogP contribution in [-0.2, 0) is 4.79 Å². The molecule has 1 aromatic carbocycles. The van der Waals surface area contributed by atoms with Crippen molar-refractivity contribution in [2.24, 2.45) is 0 Å². The van der Waals surface area contributed by atoms with Gasteiger partial charge in [0, 0.05) is 36.9 Å². The Morgan fingerprint density at radius 2 is 1.41 bits per heavy atom. The Balaban J connectivity index is 1.65. The largest absolute Gasteiger partial charge is 0.375 e. The lowest BCUT2D eigenvalue weighted by atomic mass is 10.1. The molecule has 0 saturated carbocycles. The van der Waals surface area contributed by atoms with Crippen LogP contribution in [0.25, 0.3) is 0 Å². The number of rotatable bonds is 4. The first-order valence-electron chi connectivity index (χ1n) is 10.3. The third-order valence-corrected chi connectivity index (χ3v) is 5.73. The number of hydrogen-bond donors (Lipinski definition) is 1. The summed E-state index contributed by atoms with van der Waals surface area (Å²) in [4.78, 5) is 29.4. The Labute approximate surface area is 167 Å². The summed E-state index contributed by atoms with van der Waals surface area (Å²) in [7, 11) is 0. The fraction of sp³-hybridized carbons (Fsp3) is 0.619. The number of amides is 2. The third kappa shape index (κ3) is 5.61. The molecule has 2 heterocycles. The maximum Gasteiger partial charge on any atom is 0.255 e. The summed E-state index contributed by atoms with van der Waals surface area (Å²) in [6.45, 7) is 3.45. The number of carbonyl (C=O) groups is 2. The van der Waals surface area contributed by atoms with Crippen molar-refractivity contribution in [1.29, 1.82) is 0 Å². The molecular weight excluding hydrogens is 362 g/mol. The van der Waals surface area contributed by atoms with Crippen LogP contribution in [0, 0.1) is 0 Å². The van der Waals surface area contributed by atoms with Gasteiger partial charge in [-0.25, -0.2) is 0 Å². The van der Waals surface area contributed by atoms with Gasteiger partial charge >= 0.3 is 0 Å². The highest BCUT2D eigenvalue weighted by Gasteiger charge is 2.22. The van der Waals surface area contributed by atoms with Crippen molar-refractivity contribution >= 4 is 29.1 Å². The molecule has 0 unspecified atom stereocenters. The predicted molar refractivity (Wildman–Crippen MR) is 109 cm³/mol. The van der Waals surface area contributed by atoms with Crippen LogP contribution in [0.2, 0.25) is 5.02 Å². The molecule has 1 aromatic rings. The molecule has 0 spiro atoms. The van der Waals surface area contributed by atoms with Crippen LogP contribution < -0.4 is 5.32 Å². The first kappa shape index (κ1) is 20.0. The Morgan fingerprint density at radius 1 is 0.852 bits per heavy atom. The van der Waals surface area contributed by atoms with E-state index < -0.39 is 0 Å². The van der Waals surface area contributed by atoms with E-state index in [1.807, 2.05) is 9.80 Å². The average Bonchev–Trinajstić information content (AvgIpc) is 2.66. The molecule has 0 aromatic heterocycles. The Morgan fingerprint density at radius 3 is 2.07 bits per heavy atom. The van der Waals surface area contributed by atoms with Crippen molar-refractivity contribution < 1.29 is 9.59 Å². The molecule has 5 nitrogen and oxygen atoms in total. The standard InChI is InChI=1S/C21H30ClN3O2/c22-17-9-10-18(21(27)25-13-7-4-8-14-25)19(15-17)23-16-20(26)24-11-5-2-1-3-6-12-24/h9-10,15,23H,1-8,11-14,16H2. The van der Waals surface area contributed by atoms with Gasteiger partial charge in [0.05, 0.1) is 12.1 Å². The molecule has 3 rings (SSSR count). The number of nitrogens with one attached hydrogen (secondary N) is 1. The van der Waals surface area contributed by atoms with Gasteiger partial charge in [-0.3, -0.25) is 9.59 Å². The number of benzene rings is 1. The number of anilines is 1. The van der Waals surface area contributed by atoms with E-state index in [1.54, 1.807) is 18.2 Å². The fourth-order valence-corrected chi connectivity index (χ4v) is 4.07. The van der Waals surface area contributed by atoms with Gasteiger partial charge in [0.1, 0.15) is 0 Å². The highest BCUT2D eigenvalue weighted by Crippen LogP contribution is 2.24. The predicted octanol–water partition coefficient (Wildman–Crippen LogP) is 4.17. The molecule has 27 heavy (non-hydrogen) atoms. The van der Waals surface area contributed by atoms with E-state index in [0.29, 0.717) is 16.3 Å². The highest BCUT2D eigenvalue weighted by molar-refractivity contribution is 6.31. The zero-order valence-corrected chi connectivity index (χ0v) is 16.8. The number of likely N-dealkylation sites (tertiary alicyclic amines) is 2. The lowest BCUT2D eigenvalue weighted by Crippen LogP contribution is -2.38. The van der Waals surface area contributed by atoms with Crippen LogP contribution >= 0.6 is 11.6 Å². The van der Waals surface area contributed by atoms with Gasteiger partial charge in [-0.2, -0.15) is 0 Å². The Hall–Kier alpha value is -1.75. The van der Waals surface area contributed by atoms with Crippen LogP contribution in [0.4, 0.5) is 5.69 Å². The van der Waals surface area contributed by atoms with Crippen molar-refractivity contribution in [3.05, 3.63) is 28.8 Å². The summed E-state index contributed by atoms with van der Waals surface area (Å²) in [5, 5.41) is 3.75. The van der Waals surface area contributed by atoms with Crippen molar-refractivity contribution in [3.8, 4) is 0 Å². The number of carbonyl (C=O) groups excluding carboxylic acids is 2. The van der Waals surface area contributed by atoms with E-state index in [1.165, 1.54) is 25.7 Å². The highest BCUT2D eigenvalue weighted by atomic mass is 35.5. The smallest absolute Gasteiger partial charge is 0.255 e. The monoisotopic (exact) mass is 391 g/mol. The van der Waals surface area contributed by atoms with Gasteiger partial charge in [-0.05, 0) is 50.3 Å². The van der Waals surface area contributed by atoms with E-state index in [4.69, 9.17) is 11.6 Å². The summed E-state index contributed by atoms with van der Waals surface area (Å²) < 4.78 is 0. The molecule has 0 radical (unpaired) electrons. The zero-order valence-electron chi connectivity index (χ0n) is 16.0. The van der Waals surface area contributed by atoms with Gasteiger partial charge in [-0.15, -0.1) is 0 Å². The van der Waals surface area contributed by atoms with Crippen molar-refractivity contribution in [1.82, 2.24) is 9.80 Å². The second-order valence-electron chi connectivity index (χ2n) is 7.54. The molecule has 0 atom stereocenters. The maximum atomic E-state index is 12.9. The van der Waals surface area contributed by atoms with E-state index in [2.05, 4.69) is 5.32 Å². The molecule has 2 aliphatic rings. The van der Waals surface area contributed by atoms with Crippen LogP contribution in [-0.4, -0.2) is 54.3 Å². The first-order valence-corrected chi connectivity index (χ1v) is 10.6. The van der Waals surface area contributed by atoms with E-state index >= 15 is 0 Å². The minimum atomic E-state index is 0.0209. The second kappa shape index (κ2) is 9.98. The molecule has 6 heteroatoms. The van der Waals surface area contributed by atoms with Crippen LogP contribution in [0.1, 0.15) is 61.7 Å². The van der Waals surface area contributed by atoms with Crippen LogP contribution in [0.3, 0.4) is 0 Å². The molecule has 1 N–H and O–H groups in total. The van der Waals surface area contributed by atoms with Gasteiger partial charge in [0.15, 0.2) is 0 Å². The van der Waals surface area contributed by atoms with E-state index in [-0.39, 0.29) is 18.4 Å². The van der Waals surface area contributed by atoms with Crippen LogP contribution in [0.5, 0.6) is 0 Å². The Bertz CT molecular complexity index is 651. The first-order chi connectivity index (χ1) is 13.1. The third-order valence-electron chi connectivity index (χ3n) is 5.49. The molecular formula is C21H30ClN3O2. The lowest BCUT2D eigenvalue weighted by Gasteiger charge is -2.28. The van der Waals surface area contributed by atoms with Crippen molar-refractivity contribution in [2.45, 2.75) is 51.4 Å². The molecule has 0 aliphatic carbocycles. The molecule has 2 fully saturated rings.